The lowest BCUT2D eigenvalue weighted by Crippen LogP contribution is -2.17. The highest BCUT2D eigenvalue weighted by Crippen LogP contribution is 2.32. The maximum Gasteiger partial charge on any atom is 0.0847 e. The van der Waals surface area contributed by atoms with E-state index in [0.29, 0.717) is 5.92 Å². The Morgan fingerprint density at radius 3 is 2.26 bits per heavy atom. The summed E-state index contributed by atoms with van der Waals surface area (Å²) in [5.74, 6) is 0.353. The molecule has 0 radical (unpaired) electrons. The summed E-state index contributed by atoms with van der Waals surface area (Å²) in [4.78, 5) is 4.76. The van der Waals surface area contributed by atoms with Gasteiger partial charge in [0.1, 0.15) is 0 Å². The first-order valence-electron chi connectivity index (χ1n) is 6.85. The number of benzene rings is 1. The van der Waals surface area contributed by atoms with Gasteiger partial charge in [-0.1, -0.05) is 19.9 Å². The molecule has 0 bridgehead atoms. The van der Waals surface area contributed by atoms with Gasteiger partial charge >= 0.3 is 0 Å². The molecule has 1 N–H and O–H groups in total. The summed E-state index contributed by atoms with van der Waals surface area (Å²) in [7, 11) is 0. The predicted molar refractivity (Wildman–Crippen MR) is 80.6 cm³/mol. The molecule has 2 heteroatoms. The first-order valence-corrected chi connectivity index (χ1v) is 6.85. The van der Waals surface area contributed by atoms with Crippen LogP contribution in [0.3, 0.4) is 0 Å². The molecule has 0 amide bonds. The second-order valence-electron chi connectivity index (χ2n) is 6.28. The predicted octanol–water partition coefficient (Wildman–Crippen LogP) is 4.20. The van der Waals surface area contributed by atoms with E-state index in [4.69, 9.17) is 4.98 Å². The molecule has 0 unspecified atom stereocenters. The van der Waals surface area contributed by atoms with E-state index in [1.807, 2.05) is 13.8 Å². The Morgan fingerprint density at radius 2 is 1.74 bits per heavy atom. The fourth-order valence-corrected chi connectivity index (χ4v) is 2.55. The fourth-order valence-electron chi connectivity index (χ4n) is 2.55. The van der Waals surface area contributed by atoms with Crippen LogP contribution in [0.2, 0.25) is 0 Å². The Hall–Kier alpha value is -1.41. The van der Waals surface area contributed by atoms with Gasteiger partial charge in [0, 0.05) is 11.1 Å². The topological polar surface area (TPSA) is 33.1 Å². The lowest BCUT2D eigenvalue weighted by molar-refractivity contribution is 0.0800. The molecule has 0 fully saturated rings. The van der Waals surface area contributed by atoms with Crippen molar-refractivity contribution in [3.63, 3.8) is 0 Å². The zero-order chi connectivity index (χ0) is 14.4. The van der Waals surface area contributed by atoms with Crippen molar-refractivity contribution in [3.05, 3.63) is 40.6 Å². The summed E-state index contributed by atoms with van der Waals surface area (Å²) >= 11 is 0. The molecular weight excluding hydrogens is 234 g/mol. The number of hydrogen-bond acceptors (Lipinski definition) is 2. The minimum atomic E-state index is -0.856. The second kappa shape index (κ2) is 4.61. The van der Waals surface area contributed by atoms with Gasteiger partial charge in [-0.3, -0.25) is 4.98 Å². The normalized spacial score (nSPS) is 12.4. The van der Waals surface area contributed by atoms with Gasteiger partial charge < -0.3 is 5.11 Å². The Morgan fingerprint density at radius 1 is 1.11 bits per heavy atom. The highest BCUT2D eigenvalue weighted by molar-refractivity contribution is 5.87. The quantitative estimate of drug-likeness (QED) is 0.874. The maximum atomic E-state index is 10.5. The van der Waals surface area contributed by atoms with Crippen molar-refractivity contribution >= 4 is 10.9 Å². The van der Waals surface area contributed by atoms with Gasteiger partial charge in [-0.05, 0) is 62.4 Å². The van der Waals surface area contributed by atoms with E-state index in [0.717, 1.165) is 22.2 Å². The Kier molecular flexibility index (Phi) is 3.40. The number of aromatic nitrogens is 1. The third-order valence-corrected chi connectivity index (χ3v) is 3.52. The van der Waals surface area contributed by atoms with E-state index in [1.54, 1.807) is 0 Å². The summed E-state index contributed by atoms with van der Waals surface area (Å²) in [6.45, 7) is 12.1. The van der Waals surface area contributed by atoms with Crippen molar-refractivity contribution in [1.82, 2.24) is 4.98 Å². The molecule has 1 heterocycles. The molecule has 0 aliphatic rings. The van der Waals surface area contributed by atoms with Gasteiger partial charge in [-0.25, -0.2) is 0 Å². The van der Waals surface area contributed by atoms with Crippen molar-refractivity contribution in [3.8, 4) is 0 Å². The molecule has 19 heavy (non-hydrogen) atoms. The molecule has 0 saturated carbocycles. The molecule has 0 aliphatic carbocycles. The molecular formula is C17H23NO. The molecule has 0 atom stereocenters. The van der Waals surface area contributed by atoms with Crippen LogP contribution >= 0.6 is 0 Å². The third kappa shape index (κ3) is 2.64. The first-order chi connectivity index (χ1) is 8.70. The number of nitrogens with zero attached hydrogens (tertiary/aromatic N) is 1. The Labute approximate surface area is 115 Å². The SMILES string of the molecule is Cc1cc(C)c2c(C(C)(C)O)cc(C(C)C)nc2c1. The van der Waals surface area contributed by atoms with Crippen LogP contribution in [0, 0.1) is 13.8 Å². The number of rotatable bonds is 2. The van der Waals surface area contributed by atoms with Gasteiger partial charge in [0.25, 0.3) is 0 Å². The maximum absolute atomic E-state index is 10.5. The van der Waals surface area contributed by atoms with Crippen LogP contribution in [0.5, 0.6) is 0 Å². The zero-order valence-corrected chi connectivity index (χ0v) is 12.7. The van der Waals surface area contributed by atoms with E-state index in [-0.39, 0.29) is 0 Å². The number of pyridine rings is 1. The molecule has 1 aromatic carbocycles. The number of aryl methyl sites for hydroxylation is 2. The van der Waals surface area contributed by atoms with Crippen molar-refractivity contribution in [2.75, 3.05) is 0 Å². The van der Waals surface area contributed by atoms with Crippen LogP contribution in [-0.4, -0.2) is 10.1 Å². The average molecular weight is 257 g/mol. The van der Waals surface area contributed by atoms with Crippen LogP contribution in [-0.2, 0) is 5.60 Å². The van der Waals surface area contributed by atoms with Crippen LogP contribution in [0.25, 0.3) is 10.9 Å². The molecule has 2 nitrogen and oxygen atoms in total. The van der Waals surface area contributed by atoms with Gasteiger partial charge in [0.2, 0.25) is 0 Å². The van der Waals surface area contributed by atoms with Crippen LogP contribution in [0.4, 0.5) is 0 Å². The zero-order valence-electron chi connectivity index (χ0n) is 12.7. The van der Waals surface area contributed by atoms with Crippen molar-refractivity contribution in [2.24, 2.45) is 0 Å². The van der Waals surface area contributed by atoms with Crippen molar-refractivity contribution in [1.29, 1.82) is 0 Å². The van der Waals surface area contributed by atoms with Crippen molar-refractivity contribution in [2.45, 2.75) is 53.1 Å². The van der Waals surface area contributed by atoms with E-state index in [2.05, 4.69) is 45.9 Å². The number of hydrogen-bond donors (Lipinski definition) is 1. The summed E-state index contributed by atoms with van der Waals surface area (Å²) in [5, 5.41) is 11.5. The van der Waals surface area contributed by atoms with E-state index < -0.39 is 5.60 Å². The fraction of sp³-hybridized carbons (Fsp3) is 0.471. The van der Waals surface area contributed by atoms with Gasteiger partial charge in [-0.2, -0.15) is 0 Å². The van der Waals surface area contributed by atoms with E-state index >= 15 is 0 Å². The lowest BCUT2D eigenvalue weighted by atomic mass is 9.89. The van der Waals surface area contributed by atoms with Gasteiger partial charge in [0.15, 0.2) is 0 Å². The summed E-state index contributed by atoms with van der Waals surface area (Å²) in [6.07, 6.45) is 0. The summed E-state index contributed by atoms with van der Waals surface area (Å²) < 4.78 is 0. The second-order valence-corrected chi connectivity index (χ2v) is 6.28. The monoisotopic (exact) mass is 257 g/mol. The molecule has 0 saturated heterocycles. The number of aliphatic hydroxyl groups is 1. The van der Waals surface area contributed by atoms with Crippen LogP contribution in [0.15, 0.2) is 18.2 Å². The minimum absolute atomic E-state index is 0.353. The van der Waals surface area contributed by atoms with E-state index in [9.17, 15) is 5.11 Å². The van der Waals surface area contributed by atoms with E-state index in [1.165, 1.54) is 11.1 Å². The molecule has 0 aliphatic heterocycles. The largest absolute Gasteiger partial charge is 0.386 e. The van der Waals surface area contributed by atoms with Crippen LogP contribution < -0.4 is 0 Å². The first kappa shape index (κ1) is 14.0. The molecule has 1 aromatic heterocycles. The molecule has 102 valence electrons. The molecule has 2 rings (SSSR count). The summed E-state index contributed by atoms with van der Waals surface area (Å²) in [5.41, 5.74) is 4.52. The molecule has 2 aromatic rings. The highest BCUT2D eigenvalue weighted by Gasteiger charge is 2.22. The van der Waals surface area contributed by atoms with Crippen LogP contribution in [0.1, 0.15) is 56.0 Å². The lowest BCUT2D eigenvalue weighted by Gasteiger charge is -2.23. The number of fused-ring (bicyclic) bond motifs is 1. The highest BCUT2D eigenvalue weighted by atomic mass is 16.3. The van der Waals surface area contributed by atoms with Gasteiger partial charge in [0.05, 0.1) is 11.1 Å². The average Bonchev–Trinajstić information content (AvgIpc) is 2.25. The third-order valence-electron chi connectivity index (χ3n) is 3.52. The Bertz CT molecular complexity index is 621. The summed E-state index contributed by atoms with van der Waals surface area (Å²) in [6, 6.07) is 6.30. The minimum Gasteiger partial charge on any atom is -0.386 e. The van der Waals surface area contributed by atoms with Gasteiger partial charge in [-0.15, -0.1) is 0 Å². The standard InChI is InChI=1S/C17H23NO/c1-10(2)14-9-13(17(5,6)19)16-12(4)7-11(3)8-15(16)18-14/h7-10,19H,1-6H3. The Balaban J connectivity index is 2.91. The smallest absolute Gasteiger partial charge is 0.0847 e. The van der Waals surface area contributed by atoms with Crippen molar-refractivity contribution < 1.29 is 5.11 Å². The molecule has 0 spiro atoms.